The van der Waals surface area contributed by atoms with Crippen molar-refractivity contribution >= 4 is 22.9 Å². The van der Waals surface area contributed by atoms with E-state index in [1.54, 1.807) is 0 Å². The average Bonchev–Trinajstić information content (AvgIpc) is 3.27. The molecule has 7 heteroatoms. The summed E-state index contributed by atoms with van der Waals surface area (Å²) in [5.41, 5.74) is 3.23. The molecule has 152 valence electrons. The minimum Gasteiger partial charge on any atom is -0.436 e. The van der Waals surface area contributed by atoms with Crippen LogP contribution in [0.5, 0.6) is 0 Å². The van der Waals surface area contributed by atoms with E-state index in [-0.39, 0.29) is 12.6 Å². The van der Waals surface area contributed by atoms with Crippen molar-refractivity contribution in [2.45, 2.75) is 45.1 Å². The lowest BCUT2D eigenvalue weighted by atomic mass is 10.1. The number of aryl methyl sites for hydroxylation is 1. The summed E-state index contributed by atoms with van der Waals surface area (Å²) in [5, 5.41) is 16.5. The van der Waals surface area contributed by atoms with E-state index < -0.39 is 0 Å². The van der Waals surface area contributed by atoms with Gasteiger partial charge >= 0.3 is 0 Å². The highest BCUT2D eigenvalue weighted by Crippen LogP contribution is 2.35. The van der Waals surface area contributed by atoms with Crippen molar-refractivity contribution in [2.24, 2.45) is 11.8 Å². The maximum absolute atomic E-state index is 9.49. The number of fused-ring (bicyclic) bond motifs is 1. The molecule has 2 aliphatic rings. The van der Waals surface area contributed by atoms with Crippen LogP contribution in [0, 0.1) is 18.8 Å². The summed E-state index contributed by atoms with van der Waals surface area (Å²) in [6, 6.07) is 8.04. The molecular formula is C22H27N5O2. The van der Waals surface area contributed by atoms with E-state index in [4.69, 9.17) is 9.40 Å². The summed E-state index contributed by atoms with van der Waals surface area (Å²) >= 11 is 0. The van der Waals surface area contributed by atoms with Gasteiger partial charge in [0.05, 0.1) is 5.69 Å². The number of nitrogens with zero attached hydrogens (tertiary/aromatic N) is 3. The number of nitrogens with one attached hydrogen (secondary N) is 2. The number of anilines is 2. The quantitative estimate of drug-likeness (QED) is 0.558. The molecule has 2 heterocycles. The van der Waals surface area contributed by atoms with Gasteiger partial charge < -0.3 is 20.2 Å². The Morgan fingerprint density at radius 3 is 2.66 bits per heavy atom. The zero-order valence-corrected chi connectivity index (χ0v) is 16.7. The molecule has 2 aromatic heterocycles. The smallest absolute Gasteiger partial charge is 0.232 e. The van der Waals surface area contributed by atoms with Gasteiger partial charge in [-0.05, 0) is 63.0 Å². The second-order valence-electron chi connectivity index (χ2n) is 8.37. The molecule has 3 N–H and O–H groups in total. The number of para-hydroxylation sites is 2. The first-order chi connectivity index (χ1) is 14.2. The number of hydrogen-bond acceptors (Lipinski definition) is 7. The van der Waals surface area contributed by atoms with E-state index in [1.165, 1.54) is 12.8 Å². The van der Waals surface area contributed by atoms with Crippen LogP contribution >= 0.6 is 0 Å². The van der Waals surface area contributed by atoms with Crippen molar-refractivity contribution < 1.29 is 9.52 Å². The van der Waals surface area contributed by atoms with E-state index in [1.807, 2.05) is 31.2 Å². The highest BCUT2D eigenvalue weighted by atomic mass is 16.3. The number of oxazole rings is 1. The third-order valence-corrected chi connectivity index (χ3v) is 5.98. The fourth-order valence-corrected chi connectivity index (χ4v) is 4.11. The molecule has 0 bridgehead atoms. The van der Waals surface area contributed by atoms with Gasteiger partial charge in [-0.3, -0.25) is 0 Å². The van der Waals surface area contributed by atoms with Crippen molar-refractivity contribution in [3.05, 3.63) is 30.0 Å². The first-order valence-electron chi connectivity index (χ1n) is 10.6. The summed E-state index contributed by atoms with van der Waals surface area (Å²) in [6.45, 7) is 3.13. The molecule has 0 aliphatic heterocycles. The lowest BCUT2D eigenvalue weighted by molar-refractivity contribution is 0.229. The highest BCUT2D eigenvalue weighted by Gasteiger charge is 2.27. The molecule has 7 nitrogen and oxygen atoms in total. The minimum atomic E-state index is 0.243. The molecule has 2 fully saturated rings. The lowest BCUT2D eigenvalue weighted by Crippen LogP contribution is -2.19. The number of aliphatic hydroxyl groups is 1. The van der Waals surface area contributed by atoms with E-state index in [0.29, 0.717) is 17.8 Å². The maximum atomic E-state index is 9.49. The number of aliphatic hydroxyl groups excluding tert-OH is 1. The fraction of sp³-hybridized carbons (Fsp3) is 0.500. The standard InChI is InChI=1S/C22H27N5O2/c1-13-19(21-26-17-4-2-3-5-18(17)29-21)20(25-16-9-8-15(10-16)12-28)27-22(24-13)23-11-14-6-7-14/h2-5,14-16,28H,6-12H2,1H3,(H2,23,24,25,27)/t15-,16+/m1/s1. The Bertz CT molecular complexity index is 981. The van der Waals surface area contributed by atoms with Gasteiger partial charge in [0.25, 0.3) is 0 Å². The van der Waals surface area contributed by atoms with Crippen LogP contribution in [0.25, 0.3) is 22.6 Å². The van der Waals surface area contributed by atoms with Crippen molar-refractivity contribution in [3.63, 3.8) is 0 Å². The number of hydrogen-bond donors (Lipinski definition) is 3. The molecule has 5 rings (SSSR count). The Kier molecular flexibility index (Phi) is 4.83. The Hall–Kier alpha value is -2.67. The van der Waals surface area contributed by atoms with E-state index >= 15 is 0 Å². The van der Waals surface area contributed by atoms with Gasteiger partial charge in [-0.25, -0.2) is 9.97 Å². The molecule has 0 spiro atoms. The van der Waals surface area contributed by atoms with Crippen LogP contribution in [0.3, 0.4) is 0 Å². The number of benzene rings is 1. The van der Waals surface area contributed by atoms with Crippen molar-refractivity contribution in [1.82, 2.24) is 15.0 Å². The molecule has 0 radical (unpaired) electrons. The zero-order chi connectivity index (χ0) is 19.8. The Morgan fingerprint density at radius 2 is 1.90 bits per heavy atom. The second-order valence-corrected chi connectivity index (χ2v) is 8.37. The van der Waals surface area contributed by atoms with Gasteiger partial charge in [-0.1, -0.05) is 12.1 Å². The summed E-state index contributed by atoms with van der Waals surface area (Å²) in [6.07, 6.45) is 5.55. The Balaban J connectivity index is 1.50. The van der Waals surface area contributed by atoms with Crippen molar-refractivity contribution in [3.8, 4) is 11.5 Å². The maximum Gasteiger partial charge on any atom is 0.232 e. The second kappa shape index (κ2) is 7.63. The predicted molar refractivity (Wildman–Crippen MR) is 113 cm³/mol. The molecule has 1 aromatic carbocycles. The van der Waals surface area contributed by atoms with Gasteiger partial charge in [0, 0.05) is 19.2 Å². The monoisotopic (exact) mass is 393 g/mol. The first kappa shape index (κ1) is 18.4. The van der Waals surface area contributed by atoms with Gasteiger partial charge in [0.1, 0.15) is 16.9 Å². The largest absolute Gasteiger partial charge is 0.436 e. The van der Waals surface area contributed by atoms with Crippen LogP contribution in [-0.2, 0) is 0 Å². The number of aromatic nitrogens is 3. The highest BCUT2D eigenvalue weighted by molar-refractivity contribution is 5.80. The summed E-state index contributed by atoms with van der Waals surface area (Å²) < 4.78 is 6.04. The fourth-order valence-electron chi connectivity index (χ4n) is 4.11. The third kappa shape index (κ3) is 3.92. The van der Waals surface area contributed by atoms with Crippen LogP contribution in [-0.4, -0.2) is 39.3 Å². The van der Waals surface area contributed by atoms with Crippen molar-refractivity contribution in [1.29, 1.82) is 0 Å². The molecule has 2 atom stereocenters. The molecule has 0 saturated heterocycles. The predicted octanol–water partition coefficient (Wildman–Crippen LogP) is 3.99. The summed E-state index contributed by atoms with van der Waals surface area (Å²) in [5.74, 6) is 3.04. The van der Waals surface area contributed by atoms with Gasteiger partial charge in [-0.15, -0.1) is 0 Å². The van der Waals surface area contributed by atoms with E-state index in [0.717, 1.165) is 59.9 Å². The summed E-state index contributed by atoms with van der Waals surface area (Å²) in [4.78, 5) is 14.2. The molecule has 2 aliphatic carbocycles. The van der Waals surface area contributed by atoms with Gasteiger partial charge in [0.15, 0.2) is 5.58 Å². The SMILES string of the molecule is Cc1nc(NCC2CC2)nc(N[C@H]2CC[C@@H](CO)C2)c1-c1nc2ccccc2o1. The van der Waals surface area contributed by atoms with Crippen LogP contribution in [0.4, 0.5) is 11.8 Å². The van der Waals surface area contributed by atoms with Crippen LogP contribution in [0.15, 0.2) is 28.7 Å². The third-order valence-electron chi connectivity index (χ3n) is 5.98. The molecule has 0 unspecified atom stereocenters. The Labute approximate surface area is 170 Å². The van der Waals surface area contributed by atoms with Crippen LogP contribution in [0.2, 0.25) is 0 Å². The normalized spacial score (nSPS) is 21.6. The van der Waals surface area contributed by atoms with Gasteiger partial charge in [0.2, 0.25) is 11.8 Å². The zero-order valence-electron chi connectivity index (χ0n) is 16.7. The molecule has 29 heavy (non-hydrogen) atoms. The van der Waals surface area contributed by atoms with E-state index in [2.05, 4.69) is 20.6 Å². The molecule has 2 saturated carbocycles. The topological polar surface area (TPSA) is 96.1 Å². The van der Waals surface area contributed by atoms with Crippen molar-refractivity contribution in [2.75, 3.05) is 23.8 Å². The van der Waals surface area contributed by atoms with Gasteiger partial charge in [-0.2, -0.15) is 4.98 Å². The average molecular weight is 393 g/mol. The molecule has 0 amide bonds. The summed E-state index contributed by atoms with van der Waals surface area (Å²) in [7, 11) is 0. The first-order valence-corrected chi connectivity index (χ1v) is 10.6. The minimum absolute atomic E-state index is 0.243. The lowest BCUT2D eigenvalue weighted by Gasteiger charge is -2.18. The Morgan fingerprint density at radius 1 is 1.07 bits per heavy atom. The molecular weight excluding hydrogens is 366 g/mol. The van der Waals surface area contributed by atoms with E-state index in [9.17, 15) is 5.11 Å². The molecule has 3 aromatic rings. The number of rotatable bonds is 7. The van der Waals surface area contributed by atoms with Crippen LogP contribution < -0.4 is 10.6 Å². The van der Waals surface area contributed by atoms with Crippen LogP contribution in [0.1, 0.15) is 37.8 Å².